The molecule has 1 saturated heterocycles. The van der Waals surface area contributed by atoms with Crippen LogP contribution in [0.5, 0.6) is 0 Å². The van der Waals surface area contributed by atoms with Crippen LogP contribution in [-0.2, 0) is 11.3 Å². The van der Waals surface area contributed by atoms with Crippen molar-refractivity contribution in [3.63, 3.8) is 0 Å². The molecule has 6 nitrogen and oxygen atoms in total. The fourth-order valence-corrected chi connectivity index (χ4v) is 2.77. The van der Waals surface area contributed by atoms with E-state index in [1.165, 1.54) is 6.07 Å². The van der Waals surface area contributed by atoms with Crippen LogP contribution in [0.4, 0.5) is 5.69 Å². The maximum Gasteiger partial charge on any atom is 0.275 e. The summed E-state index contributed by atoms with van der Waals surface area (Å²) in [5, 5.41) is 14.1. The summed E-state index contributed by atoms with van der Waals surface area (Å²) in [6.07, 6.45) is 2.10. The molecule has 0 spiro atoms. The van der Waals surface area contributed by atoms with Crippen molar-refractivity contribution in [3.05, 3.63) is 38.3 Å². The number of rotatable bonds is 5. The molecule has 0 bridgehead atoms. The van der Waals surface area contributed by atoms with E-state index in [1.54, 1.807) is 19.1 Å². The van der Waals surface area contributed by atoms with Crippen LogP contribution >= 0.6 is 15.9 Å². The van der Waals surface area contributed by atoms with Gasteiger partial charge in [0.1, 0.15) is 0 Å². The van der Waals surface area contributed by atoms with E-state index < -0.39 is 4.92 Å². The second kappa shape index (κ2) is 7.00. The average Bonchev–Trinajstić information content (AvgIpc) is 2.98. The number of nitrogens with one attached hydrogen (secondary N) is 1. The molecule has 1 fully saturated rings. The number of hydrogen-bond donors (Lipinski definition) is 1. The maximum absolute atomic E-state index is 12.2. The molecule has 0 saturated carbocycles. The summed E-state index contributed by atoms with van der Waals surface area (Å²) in [4.78, 5) is 24.6. The first-order valence-corrected chi connectivity index (χ1v) is 7.73. The van der Waals surface area contributed by atoms with Crippen molar-refractivity contribution in [1.82, 2.24) is 10.2 Å². The monoisotopic (exact) mass is 355 g/mol. The summed E-state index contributed by atoms with van der Waals surface area (Å²) >= 11 is 3.23. The Labute approximate surface area is 131 Å². The standard InChI is InChI=1S/C14H18BrN3O3/c1-10(14(19)17-6-2-3-7-17)16-9-11-4-5-12(15)8-13(11)18(20)21/h4-5,8,10,16H,2-3,6-7,9H2,1H3. The Kier molecular flexibility index (Phi) is 5.30. The van der Waals surface area contributed by atoms with Crippen LogP contribution in [0.3, 0.4) is 0 Å². The first kappa shape index (κ1) is 15.9. The molecular weight excluding hydrogens is 338 g/mol. The molecule has 0 aliphatic carbocycles. The van der Waals surface area contributed by atoms with Gasteiger partial charge in [-0.15, -0.1) is 0 Å². The van der Waals surface area contributed by atoms with Crippen molar-refractivity contribution in [2.75, 3.05) is 13.1 Å². The molecule has 1 aromatic rings. The summed E-state index contributed by atoms with van der Waals surface area (Å²) in [5.41, 5.74) is 0.627. The van der Waals surface area contributed by atoms with Gasteiger partial charge in [-0.2, -0.15) is 0 Å². The third-order valence-corrected chi connectivity index (χ3v) is 4.12. The smallest absolute Gasteiger partial charge is 0.275 e. The highest BCUT2D eigenvalue weighted by atomic mass is 79.9. The fourth-order valence-electron chi connectivity index (χ4n) is 2.42. The number of amides is 1. The molecule has 0 aromatic heterocycles. The van der Waals surface area contributed by atoms with Crippen LogP contribution in [0.15, 0.2) is 22.7 Å². The Bertz CT molecular complexity index is 544. The molecule has 1 heterocycles. The van der Waals surface area contributed by atoms with Crippen molar-refractivity contribution in [2.45, 2.75) is 32.4 Å². The van der Waals surface area contributed by atoms with Gasteiger partial charge in [0.05, 0.1) is 11.0 Å². The lowest BCUT2D eigenvalue weighted by Gasteiger charge is -2.21. The highest BCUT2D eigenvalue weighted by molar-refractivity contribution is 9.10. The molecule has 21 heavy (non-hydrogen) atoms. The Balaban J connectivity index is 1.99. The summed E-state index contributed by atoms with van der Waals surface area (Å²) in [5.74, 6) is 0.0623. The van der Waals surface area contributed by atoms with Gasteiger partial charge < -0.3 is 10.2 Å². The van der Waals surface area contributed by atoms with E-state index in [0.717, 1.165) is 25.9 Å². The van der Waals surface area contributed by atoms with Crippen molar-refractivity contribution in [1.29, 1.82) is 0 Å². The van der Waals surface area contributed by atoms with Gasteiger partial charge in [0.2, 0.25) is 5.91 Å². The van der Waals surface area contributed by atoms with Crippen molar-refractivity contribution >= 4 is 27.5 Å². The highest BCUT2D eigenvalue weighted by Gasteiger charge is 2.23. The van der Waals surface area contributed by atoms with Gasteiger partial charge in [0.25, 0.3) is 5.69 Å². The minimum absolute atomic E-state index is 0.0534. The number of likely N-dealkylation sites (tertiary alicyclic amines) is 1. The topological polar surface area (TPSA) is 75.5 Å². The molecule has 114 valence electrons. The second-order valence-corrected chi connectivity index (χ2v) is 6.08. The first-order chi connectivity index (χ1) is 9.99. The summed E-state index contributed by atoms with van der Waals surface area (Å²) in [7, 11) is 0. The molecule has 1 N–H and O–H groups in total. The van der Waals surface area contributed by atoms with E-state index in [9.17, 15) is 14.9 Å². The number of hydrogen-bond acceptors (Lipinski definition) is 4. The van der Waals surface area contributed by atoms with Gasteiger partial charge in [-0.25, -0.2) is 0 Å². The fraction of sp³-hybridized carbons (Fsp3) is 0.500. The van der Waals surface area contributed by atoms with Crippen molar-refractivity contribution in [3.8, 4) is 0 Å². The van der Waals surface area contributed by atoms with Gasteiger partial charge in [-0.3, -0.25) is 14.9 Å². The Morgan fingerprint density at radius 3 is 2.76 bits per heavy atom. The first-order valence-electron chi connectivity index (χ1n) is 6.94. The van der Waals surface area contributed by atoms with E-state index in [2.05, 4.69) is 21.2 Å². The van der Waals surface area contributed by atoms with Gasteiger partial charge >= 0.3 is 0 Å². The van der Waals surface area contributed by atoms with Crippen molar-refractivity contribution < 1.29 is 9.72 Å². The van der Waals surface area contributed by atoms with Crippen LogP contribution in [0.25, 0.3) is 0 Å². The van der Waals surface area contributed by atoms with E-state index in [-0.39, 0.29) is 17.6 Å². The predicted octanol–water partition coefficient (Wildman–Crippen LogP) is 2.46. The zero-order chi connectivity index (χ0) is 15.4. The lowest BCUT2D eigenvalue weighted by Crippen LogP contribution is -2.43. The minimum Gasteiger partial charge on any atom is -0.341 e. The molecule has 1 aliphatic rings. The normalized spacial score (nSPS) is 16.0. The van der Waals surface area contributed by atoms with Gasteiger partial charge in [-0.05, 0) is 31.9 Å². The third kappa shape index (κ3) is 4.01. The van der Waals surface area contributed by atoms with Crippen LogP contribution in [0.1, 0.15) is 25.3 Å². The van der Waals surface area contributed by atoms with Crippen LogP contribution in [0, 0.1) is 10.1 Å². The van der Waals surface area contributed by atoms with Gasteiger partial charge in [-0.1, -0.05) is 15.9 Å². The number of carbonyl (C=O) groups is 1. The number of halogens is 1. The largest absolute Gasteiger partial charge is 0.341 e. The zero-order valence-corrected chi connectivity index (χ0v) is 13.4. The molecule has 2 rings (SSSR count). The van der Waals surface area contributed by atoms with Crippen LogP contribution in [0.2, 0.25) is 0 Å². The predicted molar refractivity (Wildman–Crippen MR) is 82.9 cm³/mol. The van der Waals surface area contributed by atoms with E-state index >= 15 is 0 Å². The van der Waals surface area contributed by atoms with E-state index in [0.29, 0.717) is 16.6 Å². The summed E-state index contributed by atoms with van der Waals surface area (Å²) in [6.45, 7) is 3.71. The van der Waals surface area contributed by atoms with E-state index in [4.69, 9.17) is 0 Å². The van der Waals surface area contributed by atoms with Crippen molar-refractivity contribution in [2.24, 2.45) is 0 Å². The second-order valence-electron chi connectivity index (χ2n) is 5.17. The van der Waals surface area contributed by atoms with Crippen LogP contribution in [-0.4, -0.2) is 34.9 Å². The van der Waals surface area contributed by atoms with Crippen LogP contribution < -0.4 is 5.32 Å². The third-order valence-electron chi connectivity index (χ3n) is 3.63. The summed E-state index contributed by atoms with van der Waals surface area (Å²) in [6, 6.07) is 4.59. The van der Waals surface area contributed by atoms with Gasteiger partial charge in [0, 0.05) is 35.7 Å². The molecule has 1 atom stereocenters. The molecular formula is C14H18BrN3O3. The minimum atomic E-state index is -0.408. The molecule has 1 aromatic carbocycles. The highest BCUT2D eigenvalue weighted by Crippen LogP contribution is 2.23. The number of nitrogens with zero attached hydrogens (tertiary/aromatic N) is 2. The number of nitro benzene ring substituents is 1. The SMILES string of the molecule is CC(NCc1ccc(Br)cc1[N+](=O)[O-])C(=O)N1CCCC1. The molecule has 7 heteroatoms. The molecule has 1 unspecified atom stereocenters. The van der Waals surface area contributed by atoms with Gasteiger partial charge in [0.15, 0.2) is 0 Å². The lowest BCUT2D eigenvalue weighted by molar-refractivity contribution is -0.385. The Morgan fingerprint density at radius 1 is 1.48 bits per heavy atom. The maximum atomic E-state index is 12.2. The summed E-state index contributed by atoms with van der Waals surface area (Å²) < 4.78 is 0.666. The molecule has 1 aliphatic heterocycles. The van der Waals surface area contributed by atoms with E-state index in [1.807, 2.05) is 4.90 Å². The quantitative estimate of drug-likeness (QED) is 0.650. The number of carbonyl (C=O) groups excluding carboxylic acids is 1. The Hall–Kier alpha value is -1.47. The lowest BCUT2D eigenvalue weighted by atomic mass is 10.1. The Morgan fingerprint density at radius 2 is 2.14 bits per heavy atom. The number of nitro groups is 1. The molecule has 0 radical (unpaired) electrons. The number of benzene rings is 1. The average molecular weight is 356 g/mol. The molecule has 1 amide bonds. The zero-order valence-electron chi connectivity index (χ0n) is 11.8.